The molecule has 0 fully saturated rings. The summed E-state index contributed by atoms with van der Waals surface area (Å²) in [5, 5.41) is 11.1. The van der Waals surface area contributed by atoms with E-state index in [4.69, 9.17) is 9.53 Å². The second kappa shape index (κ2) is 6.41. The van der Waals surface area contributed by atoms with Gasteiger partial charge in [-0.25, -0.2) is 0 Å². The van der Waals surface area contributed by atoms with Crippen molar-refractivity contribution in [3.8, 4) is 0 Å². The molecule has 21 heavy (non-hydrogen) atoms. The molecule has 0 saturated carbocycles. The molecule has 1 unspecified atom stereocenters. The van der Waals surface area contributed by atoms with Crippen LogP contribution in [0.25, 0.3) is 10.9 Å². The molecule has 1 aromatic carbocycles. The number of carbonyl (C=O) groups is 1. The van der Waals surface area contributed by atoms with Gasteiger partial charge < -0.3 is 19.6 Å². The van der Waals surface area contributed by atoms with Crippen LogP contribution in [0.1, 0.15) is 37.1 Å². The summed E-state index contributed by atoms with van der Waals surface area (Å²) < 4.78 is 5.91. The molecule has 2 N–H and O–H groups in total. The number of aliphatic hydroxyl groups excluding tert-OH is 1. The highest BCUT2D eigenvalue weighted by Crippen LogP contribution is 2.39. The Morgan fingerprint density at radius 1 is 1.38 bits per heavy atom. The summed E-state index contributed by atoms with van der Waals surface area (Å²) >= 11 is 0. The number of aliphatic hydroxyl groups is 1. The number of aryl methyl sites for hydroxylation is 1. The van der Waals surface area contributed by atoms with E-state index in [1.54, 1.807) is 0 Å². The lowest BCUT2D eigenvalue weighted by molar-refractivity contribution is -0.0983. The SMILES string of the molecule is C=O.CCc1cccc2c3c([nH]c12)C(CC)(CO)OCC3. The van der Waals surface area contributed by atoms with Gasteiger partial charge in [0.1, 0.15) is 12.4 Å². The van der Waals surface area contributed by atoms with Gasteiger partial charge in [-0.2, -0.15) is 0 Å². The van der Waals surface area contributed by atoms with E-state index < -0.39 is 5.60 Å². The van der Waals surface area contributed by atoms with Crippen LogP contribution in [0.2, 0.25) is 0 Å². The van der Waals surface area contributed by atoms with Crippen LogP contribution in [0.4, 0.5) is 0 Å². The van der Waals surface area contributed by atoms with E-state index in [0.29, 0.717) is 6.61 Å². The Bertz CT molecular complexity index is 614. The Balaban J connectivity index is 0.000000774. The summed E-state index contributed by atoms with van der Waals surface area (Å²) in [5.74, 6) is 0. The van der Waals surface area contributed by atoms with Crippen LogP contribution in [0.5, 0.6) is 0 Å². The maximum absolute atomic E-state index is 9.79. The number of aromatic amines is 1. The number of hydrogen-bond donors (Lipinski definition) is 2. The number of ether oxygens (including phenoxy) is 1. The van der Waals surface area contributed by atoms with Crippen LogP contribution in [-0.4, -0.2) is 30.1 Å². The standard InChI is InChI=1S/C16H21NO2.CH2O/c1-3-11-6-5-7-12-13-8-9-19-16(4-2,10-18)15(13)17-14(11)12;1-2/h5-7,17-18H,3-4,8-10H2,1-2H3;1H2. The fourth-order valence-corrected chi connectivity index (χ4v) is 3.21. The minimum atomic E-state index is -0.544. The van der Waals surface area contributed by atoms with Gasteiger partial charge in [-0.3, -0.25) is 0 Å². The average Bonchev–Trinajstić information content (AvgIpc) is 2.96. The second-order valence-electron chi connectivity index (χ2n) is 5.28. The van der Waals surface area contributed by atoms with Crippen LogP contribution >= 0.6 is 0 Å². The molecule has 4 heteroatoms. The van der Waals surface area contributed by atoms with Crippen molar-refractivity contribution in [2.45, 2.75) is 38.7 Å². The Hall–Kier alpha value is -1.65. The number of benzene rings is 1. The molecule has 2 aromatic rings. The van der Waals surface area contributed by atoms with Crippen molar-refractivity contribution in [2.75, 3.05) is 13.2 Å². The van der Waals surface area contributed by atoms with Gasteiger partial charge in [0, 0.05) is 10.9 Å². The molecule has 0 radical (unpaired) electrons. The summed E-state index contributed by atoms with van der Waals surface area (Å²) in [6.45, 7) is 6.96. The van der Waals surface area contributed by atoms with Gasteiger partial charge in [0.15, 0.2) is 0 Å². The molecule has 1 aliphatic heterocycles. The van der Waals surface area contributed by atoms with Crippen molar-refractivity contribution < 1.29 is 14.6 Å². The monoisotopic (exact) mass is 289 g/mol. The predicted octanol–water partition coefficient (Wildman–Crippen LogP) is 2.72. The van der Waals surface area contributed by atoms with Crippen molar-refractivity contribution in [3.05, 3.63) is 35.0 Å². The van der Waals surface area contributed by atoms with Crippen molar-refractivity contribution in [3.63, 3.8) is 0 Å². The normalized spacial score (nSPS) is 20.7. The van der Waals surface area contributed by atoms with Crippen LogP contribution < -0.4 is 0 Å². The maximum atomic E-state index is 9.79. The molecule has 4 nitrogen and oxygen atoms in total. The number of fused-ring (bicyclic) bond motifs is 3. The number of nitrogens with one attached hydrogen (secondary N) is 1. The molecule has 0 spiro atoms. The number of H-pyrrole nitrogens is 1. The summed E-state index contributed by atoms with van der Waals surface area (Å²) in [5.41, 5.74) is 4.41. The molecule has 114 valence electrons. The van der Waals surface area contributed by atoms with E-state index in [1.807, 2.05) is 6.79 Å². The van der Waals surface area contributed by atoms with E-state index in [-0.39, 0.29) is 6.61 Å². The number of aromatic nitrogens is 1. The molecule has 1 atom stereocenters. The maximum Gasteiger partial charge on any atom is 0.131 e. The van der Waals surface area contributed by atoms with Crippen molar-refractivity contribution in [1.29, 1.82) is 0 Å². The van der Waals surface area contributed by atoms with E-state index >= 15 is 0 Å². The molecule has 3 rings (SSSR count). The van der Waals surface area contributed by atoms with Crippen LogP contribution in [0.15, 0.2) is 18.2 Å². The molecule has 2 heterocycles. The molecule has 0 amide bonds. The Kier molecular flexibility index (Phi) is 4.80. The average molecular weight is 289 g/mol. The van der Waals surface area contributed by atoms with Crippen molar-refractivity contribution >= 4 is 17.7 Å². The smallest absolute Gasteiger partial charge is 0.131 e. The zero-order chi connectivity index (χ0) is 15.5. The Morgan fingerprint density at radius 2 is 2.14 bits per heavy atom. The zero-order valence-corrected chi connectivity index (χ0v) is 12.7. The molecule has 1 aliphatic rings. The van der Waals surface area contributed by atoms with E-state index in [2.05, 4.69) is 37.0 Å². The number of hydrogen-bond acceptors (Lipinski definition) is 3. The van der Waals surface area contributed by atoms with Gasteiger partial charge in [-0.1, -0.05) is 32.0 Å². The van der Waals surface area contributed by atoms with Gasteiger partial charge in [-0.05, 0) is 30.4 Å². The van der Waals surface area contributed by atoms with Crippen molar-refractivity contribution in [1.82, 2.24) is 4.98 Å². The van der Waals surface area contributed by atoms with Gasteiger partial charge in [0.25, 0.3) is 0 Å². The van der Waals surface area contributed by atoms with Gasteiger partial charge >= 0.3 is 0 Å². The minimum absolute atomic E-state index is 0.0325. The first-order chi connectivity index (χ1) is 10.3. The van der Waals surface area contributed by atoms with Gasteiger partial charge in [0.2, 0.25) is 0 Å². The summed E-state index contributed by atoms with van der Waals surface area (Å²) in [6, 6.07) is 6.46. The minimum Gasteiger partial charge on any atom is -0.393 e. The quantitative estimate of drug-likeness (QED) is 0.913. The van der Waals surface area contributed by atoms with E-state index in [1.165, 1.54) is 22.0 Å². The number of para-hydroxylation sites is 1. The molecule has 1 aromatic heterocycles. The van der Waals surface area contributed by atoms with Crippen LogP contribution in [-0.2, 0) is 28.0 Å². The molecule has 0 saturated heterocycles. The first kappa shape index (κ1) is 15.7. The second-order valence-corrected chi connectivity index (χ2v) is 5.28. The molecular formula is C17H23NO3. The van der Waals surface area contributed by atoms with Crippen LogP contribution in [0.3, 0.4) is 0 Å². The van der Waals surface area contributed by atoms with E-state index in [0.717, 1.165) is 25.0 Å². The summed E-state index contributed by atoms with van der Waals surface area (Å²) in [4.78, 5) is 11.5. The fourth-order valence-electron chi connectivity index (χ4n) is 3.21. The lowest BCUT2D eigenvalue weighted by atomic mass is 9.89. The Labute approximate surface area is 125 Å². The first-order valence-corrected chi connectivity index (χ1v) is 7.42. The van der Waals surface area contributed by atoms with Gasteiger partial charge in [0.05, 0.1) is 18.9 Å². The third-order valence-corrected chi connectivity index (χ3v) is 4.42. The summed E-state index contributed by atoms with van der Waals surface area (Å²) in [7, 11) is 0. The van der Waals surface area contributed by atoms with Crippen molar-refractivity contribution in [2.24, 2.45) is 0 Å². The topological polar surface area (TPSA) is 62.3 Å². The zero-order valence-electron chi connectivity index (χ0n) is 12.7. The fraction of sp³-hybridized carbons (Fsp3) is 0.471. The Morgan fingerprint density at radius 3 is 2.76 bits per heavy atom. The highest BCUT2D eigenvalue weighted by molar-refractivity contribution is 5.88. The highest BCUT2D eigenvalue weighted by atomic mass is 16.5. The third kappa shape index (κ3) is 2.39. The number of rotatable bonds is 3. The lowest BCUT2D eigenvalue weighted by Gasteiger charge is -2.35. The lowest BCUT2D eigenvalue weighted by Crippen LogP contribution is -2.38. The highest BCUT2D eigenvalue weighted by Gasteiger charge is 2.38. The largest absolute Gasteiger partial charge is 0.393 e. The predicted molar refractivity (Wildman–Crippen MR) is 83.5 cm³/mol. The van der Waals surface area contributed by atoms with E-state index in [9.17, 15) is 5.11 Å². The van der Waals surface area contributed by atoms with Crippen LogP contribution in [0, 0.1) is 0 Å². The first-order valence-electron chi connectivity index (χ1n) is 7.42. The third-order valence-electron chi connectivity index (χ3n) is 4.42. The molecular weight excluding hydrogens is 266 g/mol. The molecule has 0 bridgehead atoms. The number of carbonyl (C=O) groups excluding carboxylic acids is 1. The molecule has 0 aliphatic carbocycles. The van der Waals surface area contributed by atoms with Gasteiger partial charge in [-0.15, -0.1) is 0 Å². The summed E-state index contributed by atoms with van der Waals surface area (Å²) in [6.07, 6.45) is 2.71.